The molecule has 6 heteroatoms. The molecule has 2 rings (SSSR count). The lowest BCUT2D eigenvalue weighted by Crippen LogP contribution is -2.47. The molecular weight excluding hydrogens is 262 g/mol. The van der Waals surface area contributed by atoms with Gasteiger partial charge in [-0.1, -0.05) is 12.1 Å². The number of amides is 2. The molecule has 1 aliphatic heterocycles. The van der Waals surface area contributed by atoms with E-state index in [9.17, 15) is 14.4 Å². The molecule has 1 aliphatic rings. The van der Waals surface area contributed by atoms with Crippen molar-refractivity contribution in [3.05, 3.63) is 29.8 Å². The molecule has 0 unspecified atom stereocenters. The van der Waals surface area contributed by atoms with Crippen LogP contribution in [0, 0.1) is 0 Å². The Labute approximate surface area is 116 Å². The highest BCUT2D eigenvalue weighted by molar-refractivity contribution is 5.98. The number of imide groups is 1. The summed E-state index contributed by atoms with van der Waals surface area (Å²) < 4.78 is 10.3. The molecular formula is C14H15NO5. The summed E-state index contributed by atoms with van der Waals surface area (Å²) in [5, 5.41) is 0. The number of morpholine rings is 1. The third-order valence-electron chi connectivity index (χ3n) is 2.89. The van der Waals surface area contributed by atoms with Crippen LogP contribution in [0.4, 0.5) is 0 Å². The van der Waals surface area contributed by atoms with E-state index in [0.717, 1.165) is 4.90 Å². The molecule has 6 nitrogen and oxygen atoms in total. The molecule has 0 bridgehead atoms. The third-order valence-corrected chi connectivity index (χ3v) is 2.89. The van der Waals surface area contributed by atoms with Gasteiger partial charge in [-0.15, -0.1) is 0 Å². The van der Waals surface area contributed by atoms with E-state index in [2.05, 4.69) is 0 Å². The Morgan fingerprint density at radius 3 is 2.55 bits per heavy atom. The van der Waals surface area contributed by atoms with Crippen LogP contribution in [0.5, 0.6) is 5.75 Å². The largest absolute Gasteiger partial charge is 0.491 e. The van der Waals surface area contributed by atoms with Gasteiger partial charge in [-0.25, -0.2) is 0 Å². The van der Waals surface area contributed by atoms with Crippen LogP contribution >= 0.6 is 0 Å². The van der Waals surface area contributed by atoms with E-state index < -0.39 is 0 Å². The predicted octanol–water partition coefficient (Wildman–Crippen LogP) is 0.653. The Morgan fingerprint density at radius 1 is 1.25 bits per heavy atom. The average molecular weight is 277 g/mol. The van der Waals surface area contributed by atoms with Crippen molar-refractivity contribution in [1.82, 2.24) is 4.90 Å². The first kappa shape index (κ1) is 14.2. The highest BCUT2D eigenvalue weighted by Gasteiger charge is 2.26. The zero-order valence-electron chi connectivity index (χ0n) is 11.1. The second kappa shape index (κ2) is 6.29. The van der Waals surface area contributed by atoms with Gasteiger partial charge >= 0.3 is 0 Å². The Morgan fingerprint density at radius 2 is 1.90 bits per heavy atom. The number of para-hydroxylation sites is 1. The monoisotopic (exact) mass is 277 g/mol. The first-order chi connectivity index (χ1) is 9.59. The average Bonchev–Trinajstić information content (AvgIpc) is 2.42. The van der Waals surface area contributed by atoms with Gasteiger partial charge in [0.1, 0.15) is 25.6 Å². The summed E-state index contributed by atoms with van der Waals surface area (Å²) >= 11 is 0. The highest BCUT2D eigenvalue weighted by atomic mass is 16.5. The predicted molar refractivity (Wildman–Crippen MR) is 69.5 cm³/mol. The summed E-state index contributed by atoms with van der Waals surface area (Å²) in [6.45, 7) is 1.57. The second-order valence-corrected chi connectivity index (χ2v) is 4.33. The molecule has 1 aromatic rings. The minimum absolute atomic E-state index is 0.0875. The summed E-state index contributed by atoms with van der Waals surface area (Å²) in [6, 6.07) is 6.85. The maximum absolute atomic E-state index is 11.5. The summed E-state index contributed by atoms with van der Waals surface area (Å²) in [6.07, 6.45) is 0. The standard InChI is InChI=1S/C14H15NO5/c1-10(16)11-4-2-3-5-12(11)20-7-6-15-13(17)8-19-9-14(15)18/h2-5H,6-9H2,1H3. The molecule has 0 radical (unpaired) electrons. The van der Waals surface area contributed by atoms with Crippen LogP contribution in [-0.4, -0.2) is 48.9 Å². The number of carbonyl (C=O) groups is 3. The van der Waals surface area contributed by atoms with Crippen LogP contribution in [-0.2, 0) is 14.3 Å². The summed E-state index contributed by atoms with van der Waals surface area (Å²) in [4.78, 5) is 35.5. The van der Waals surface area contributed by atoms with E-state index in [1.807, 2.05) is 0 Å². The minimum atomic E-state index is -0.371. The quantitative estimate of drug-likeness (QED) is 0.583. The molecule has 1 fully saturated rings. The summed E-state index contributed by atoms with van der Waals surface area (Å²) in [5.74, 6) is -0.387. The van der Waals surface area contributed by atoms with E-state index in [0.29, 0.717) is 11.3 Å². The highest BCUT2D eigenvalue weighted by Crippen LogP contribution is 2.18. The maximum Gasteiger partial charge on any atom is 0.255 e. The zero-order chi connectivity index (χ0) is 14.5. The number of rotatable bonds is 5. The Hall–Kier alpha value is -2.21. The van der Waals surface area contributed by atoms with Gasteiger partial charge in [0, 0.05) is 0 Å². The van der Waals surface area contributed by atoms with E-state index in [1.54, 1.807) is 24.3 Å². The SMILES string of the molecule is CC(=O)c1ccccc1OCCN1C(=O)COCC1=O. The molecule has 20 heavy (non-hydrogen) atoms. The van der Waals surface area contributed by atoms with Crippen molar-refractivity contribution >= 4 is 17.6 Å². The smallest absolute Gasteiger partial charge is 0.255 e. The van der Waals surface area contributed by atoms with Gasteiger partial charge < -0.3 is 9.47 Å². The lowest BCUT2D eigenvalue weighted by Gasteiger charge is -2.24. The molecule has 0 atom stereocenters. The van der Waals surface area contributed by atoms with Gasteiger partial charge in [-0.3, -0.25) is 19.3 Å². The number of hydrogen-bond acceptors (Lipinski definition) is 5. The Bertz CT molecular complexity index is 524. The number of ether oxygens (including phenoxy) is 2. The van der Waals surface area contributed by atoms with Crippen LogP contribution < -0.4 is 4.74 Å². The molecule has 1 aromatic carbocycles. The fraction of sp³-hybridized carbons (Fsp3) is 0.357. The maximum atomic E-state index is 11.5. The Balaban J connectivity index is 1.94. The van der Waals surface area contributed by atoms with Gasteiger partial charge in [-0.2, -0.15) is 0 Å². The van der Waals surface area contributed by atoms with E-state index in [1.165, 1.54) is 6.92 Å². The lowest BCUT2D eigenvalue weighted by molar-refractivity contribution is -0.158. The van der Waals surface area contributed by atoms with Crippen LogP contribution in [0.3, 0.4) is 0 Å². The fourth-order valence-corrected chi connectivity index (χ4v) is 1.90. The molecule has 0 aliphatic carbocycles. The summed E-state index contributed by atoms with van der Waals surface area (Å²) in [7, 11) is 0. The van der Waals surface area contributed by atoms with Crippen molar-refractivity contribution in [2.24, 2.45) is 0 Å². The molecule has 1 heterocycles. The van der Waals surface area contributed by atoms with E-state index in [-0.39, 0.29) is 44.0 Å². The fourth-order valence-electron chi connectivity index (χ4n) is 1.90. The van der Waals surface area contributed by atoms with Crippen molar-refractivity contribution in [3.63, 3.8) is 0 Å². The van der Waals surface area contributed by atoms with Gasteiger partial charge in [0.25, 0.3) is 11.8 Å². The normalized spacial score (nSPS) is 15.3. The molecule has 106 valence electrons. The molecule has 0 aromatic heterocycles. The number of ketones is 1. The number of hydrogen-bond donors (Lipinski definition) is 0. The van der Waals surface area contributed by atoms with Crippen LogP contribution in [0.15, 0.2) is 24.3 Å². The molecule has 0 spiro atoms. The van der Waals surface area contributed by atoms with Gasteiger partial charge in [0.2, 0.25) is 0 Å². The van der Waals surface area contributed by atoms with Crippen LogP contribution in [0.2, 0.25) is 0 Å². The topological polar surface area (TPSA) is 72.9 Å². The second-order valence-electron chi connectivity index (χ2n) is 4.33. The van der Waals surface area contributed by atoms with Crippen molar-refractivity contribution in [2.45, 2.75) is 6.92 Å². The van der Waals surface area contributed by atoms with Crippen LogP contribution in [0.1, 0.15) is 17.3 Å². The van der Waals surface area contributed by atoms with Crippen molar-refractivity contribution < 1.29 is 23.9 Å². The van der Waals surface area contributed by atoms with Gasteiger partial charge in [0.05, 0.1) is 12.1 Å². The van der Waals surface area contributed by atoms with Crippen molar-refractivity contribution in [3.8, 4) is 5.75 Å². The number of nitrogens with zero attached hydrogens (tertiary/aromatic N) is 1. The zero-order valence-corrected chi connectivity index (χ0v) is 11.1. The minimum Gasteiger partial charge on any atom is -0.491 e. The van der Waals surface area contributed by atoms with Crippen molar-refractivity contribution in [1.29, 1.82) is 0 Å². The van der Waals surface area contributed by atoms with Crippen LogP contribution in [0.25, 0.3) is 0 Å². The van der Waals surface area contributed by atoms with Crippen molar-refractivity contribution in [2.75, 3.05) is 26.4 Å². The molecule has 0 N–H and O–H groups in total. The van der Waals surface area contributed by atoms with Gasteiger partial charge in [-0.05, 0) is 19.1 Å². The molecule has 1 saturated heterocycles. The molecule has 0 saturated carbocycles. The van der Waals surface area contributed by atoms with E-state index >= 15 is 0 Å². The van der Waals surface area contributed by atoms with E-state index in [4.69, 9.17) is 9.47 Å². The third kappa shape index (κ3) is 3.21. The number of carbonyl (C=O) groups excluding carboxylic acids is 3. The first-order valence-electron chi connectivity index (χ1n) is 6.23. The van der Waals surface area contributed by atoms with Gasteiger partial charge in [0.15, 0.2) is 5.78 Å². The molecule has 2 amide bonds. The first-order valence-corrected chi connectivity index (χ1v) is 6.23. The summed E-state index contributed by atoms with van der Waals surface area (Å²) in [5.41, 5.74) is 0.479. The number of benzene rings is 1. The Kier molecular flexibility index (Phi) is 4.47. The number of Topliss-reactive ketones (excluding diaryl/α,β-unsaturated/α-hetero) is 1. The lowest BCUT2D eigenvalue weighted by atomic mass is 10.1.